The van der Waals surface area contributed by atoms with Gasteiger partial charge < -0.3 is 18.9 Å². The summed E-state index contributed by atoms with van der Waals surface area (Å²) in [6.07, 6.45) is 2.33. The minimum Gasteiger partial charge on any atom is -0.491 e. The standard InChI is InChI=1S/C36H40FN3O4/c1-25-35(26(2)44-38-25)31-8-11-34-32(22-31)21-28-4-3-5-29(20-28)24-40(16-17-42-18-19-43-34)36(41)30-12-14-39(15-13-30)23-27-6-9-33(37)10-7-27/h3-11,20,22,30H,12-19,21,23-24H2,1-2H3. The lowest BCUT2D eigenvalue weighted by atomic mass is 9.94. The Balaban J connectivity index is 1.16. The lowest BCUT2D eigenvalue weighted by Crippen LogP contribution is -2.43. The topological polar surface area (TPSA) is 68.0 Å². The average molecular weight is 598 g/mol. The van der Waals surface area contributed by atoms with Gasteiger partial charge in [-0.3, -0.25) is 9.69 Å². The molecule has 1 aromatic heterocycles. The van der Waals surface area contributed by atoms with E-state index in [1.165, 1.54) is 12.1 Å². The number of likely N-dealkylation sites (tertiary alicyclic amines) is 1. The Morgan fingerprint density at radius 1 is 0.932 bits per heavy atom. The van der Waals surface area contributed by atoms with Gasteiger partial charge in [0.05, 0.1) is 18.9 Å². The molecule has 4 aromatic rings. The third-order valence-corrected chi connectivity index (χ3v) is 8.70. The summed E-state index contributed by atoms with van der Waals surface area (Å²) in [4.78, 5) is 18.1. The molecule has 1 fully saturated rings. The SMILES string of the molecule is Cc1noc(C)c1-c1ccc2c(c1)Cc1cccc(c1)CN(C(=O)C1CCN(Cc3ccc(F)cc3)CC1)CCOCCO2. The van der Waals surface area contributed by atoms with E-state index in [1.54, 1.807) is 0 Å². The summed E-state index contributed by atoms with van der Waals surface area (Å²) in [6.45, 7) is 8.78. The molecule has 0 spiro atoms. The fourth-order valence-corrected chi connectivity index (χ4v) is 6.39. The van der Waals surface area contributed by atoms with Crippen molar-refractivity contribution in [2.45, 2.75) is 46.2 Å². The molecule has 2 aliphatic rings. The number of piperidine rings is 1. The molecule has 2 aliphatic heterocycles. The van der Waals surface area contributed by atoms with E-state index in [0.717, 1.165) is 83.1 Å². The molecule has 44 heavy (non-hydrogen) atoms. The van der Waals surface area contributed by atoms with E-state index in [-0.39, 0.29) is 17.6 Å². The largest absolute Gasteiger partial charge is 0.491 e. The van der Waals surface area contributed by atoms with Crippen molar-refractivity contribution in [2.75, 3.05) is 39.5 Å². The van der Waals surface area contributed by atoms with Crippen LogP contribution in [-0.4, -0.2) is 60.3 Å². The van der Waals surface area contributed by atoms with Crippen LogP contribution in [0.2, 0.25) is 0 Å². The van der Waals surface area contributed by atoms with Crippen LogP contribution in [0.1, 0.15) is 46.5 Å². The van der Waals surface area contributed by atoms with Gasteiger partial charge in [0.1, 0.15) is 23.9 Å². The van der Waals surface area contributed by atoms with Crippen molar-refractivity contribution in [1.82, 2.24) is 15.0 Å². The number of ether oxygens (including phenoxy) is 2. The second kappa shape index (κ2) is 13.7. The first-order valence-electron chi connectivity index (χ1n) is 15.5. The number of benzene rings is 3. The molecule has 1 amide bonds. The molecule has 3 aromatic carbocycles. The molecule has 7 nitrogen and oxygen atoms in total. The van der Waals surface area contributed by atoms with Gasteiger partial charge in [0.2, 0.25) is 5.91 Å². The van der Waals surface area contributed by atoms with Crippen LogP contribution in [0, 0.1) is 25.6 Å². The van der Waals surface area contributed by atoms with Crippen LogP contribution in [-0.2, 0) is 29.0 Å². The lowest BCUT2D eigenvalue weighted by molar-refractivity contribution is -0.138. The van der Waals surface area contributed by atoms with Crippen LogP contribution in [0.3, 0.4) is 0 Å². The van der Waals surface area contributed by atoms with Crippen molar-refractivity contribution in [3.8, 4) is 16.9 Å². The molecule has 0 N–H and O–H groups in total. The number of halogens is 1. The number of carbonyl (C=O) groups excluding carboxylic acids is 1. The quantitative estimate of drug-likeness (QED) is 0.274. The van der Waals surface area contributed by atoms with Gasteiger partial charge in [-0.1, -0.05) is 47.6 Å². The fraction of sp³-hybridized carbons (Fsp3) is 0.389. The summed E-state index contributed by atoms with van der Waals surface area (Å²) < 4.78 is 30.9. The van der Waals surface area contributed by atoms with E-state index in [4.69, 9.17) is 14.0 Å². The molecule has 8 heteroatoms. The van der Waals surface area contributed by atoms with E-state index in [0.29, 0.717) is 39.3 Å². The number of nitrogens with zero attached hydrogens (tertiary/aromatic N) is 3. The van der Waals surface area contributed by atoms with Gasteiger partial charge in [-0.05, 0) is 91.9 Å². The van der Waals surface area contributed by atoms with Crippen molar-refractivity contribution in [2.24, 2.45) is 5.92 Å². The van der Waals surface area contributed by atoms with E-state index in [1.807, 2.05) is 36.9 Å². The van der Waals surface area contributed by atoms with Crippen LogP contribution in [0.5, 0.6) is 5.75 Å². The summed E-state index contributed by atoms with van der Waals surface area (Å²) in [5.41, 5.74) is 7.37. The first-order chi connectivity index (χ1) is 21.4. The Morgan fingerprint density at radius 3 is 2.50 bits per heavy atom. The van der Waals surface area contributed by atoms with Gasteiger partial charge in [0, 0.05) is 37.5 Å². The molecular weight excluding hydrogens is 557 g/mol. The molecule has 0 saturated carbocycles. The van der Waals surface area contributed by atoms with Crippen LogP contribution in [0.4, 0.5) is 4.39 Å². The third kappa shape index (κ3) is 7.20. The molecule has 230 valence electrons. The number of aryl methyl sites for hydroxylation is 2. The first kappa shape index (κ1) is 30.0. The first-order valence-corrected chi connectivity index (χ1v) is 15.5. The summed E-state index contributed by atoms with van der Waals surface area (Å²) in [6, 6.07) is 21.4. The number of fused-ring (bicyclic) bond motifs is 3. The van der Waals surface area contributed by atoms with Gasteiger partial charge in [0.25, 0.3) is 0 Å². The highest BCUT2D eigenvalue weighted by Gasteiger charge is 2.29. The molecule has 0 unspecified atom stereocenters. The number of hydrogen-bond donors (Lipinski definition) is 0. The van der Waals surface area contributed by atoms with Gasteiger partial charge >= 0.3 is 0 Å². The normalized spacial score (nSPS) is 17.0. The second-order valence-corrected chi connectivity index (χ2v) is 11.9. The summed E-state index contributed by atoms with van der Waals surface area (Å²) in [5.74, 6) is 1.60. The summed E-state index contributed by atoms with van der Waals surface area (Å²) >= 11 is 0. The van der Waals surface area contributed by atoms with Gasteiger partial charge in [-0.15, -0.1) is 0 Å². The minimum absolute atomic E-state index is 0.0144. The third-order valence-electron chi connectivity index (χ3n) is 8.70. The predicted molar refractivity (Wildman–Crippen MR) is 167 cm³/mol. The van der Waals surface area contributed by atoms with Crippen LogP contribution >= 0.6 is 0 Å². The Labute approximate surface area is 258 Å². The lowest BCUT2D eigenvalue weighted by Gasteiger charge is -2.34. The van der Waals surface area contributed by atoms with E-state index in [2.05, 4.69) is 46.5 Å². The van der Waals surface area contributed by atoms with Gasteiger partial charge in [-0.25, -0.2) is 4.39 Å². The fourth-order valence-electron chi connectivity index (χ4n) is 6.39. The molecule has 2 bridgehead atoms. The van der Waals surface area contributed by atoms with Crippen molar-refractivity contribution in [3.63, 3.8) is 0 Å². The molecule has 0 aliphatic carbocycles. The zero-order chi connectivity index (χ0) is 30.5. The maximum Gasteiger partial charge on any atom is 0.226 e. The summed E-state index contributed by atoms with van der Waals surface area (Å²) in [5, 5.41) is 4.14. The van der Waals surface area contributed by atoms with Crippen LogP contribution in [0.25, 0.3) is 11.1 Å². The number of aromatic nitrogens is 1. The Morgan fingerprint density at radius 2 is 1.73 bits per heavy atom. The van der Waals surface area contributed by atoms with Crippen molar-refractivity contribution in [1.29, 1.82) is 0 Å². The van der Waals surface area contributed by atoms with E-state index < -0.39 is 0 Å². The molecule has 6 rings (SSSR count). The smallest absolute Gasteiger partial charge is 0.226 e. The Hall–Kier alpha value is -4.01. The highest BCUT2D eigenvalue weighted by Crippen LogP contribution is 2.32. The van der Waals surface area contributed by atoms with Gasteiger partial charge in [0.15, 0.2) is 0 Å². The van der Waals surface area contributed by atoms with Crippen molar-refractivity contribution < 1.29 is 23.2 Å². The summed E-state index contributed by atoms with van der Waals surface area (Å²) in [7, 11) is 0. The molecule has 1 saturated heterocycles. The zero-order valence-electron chi connectivity index (χ0n) is 25.6. The second-order valence-electron chi connectivity index (χ2n) is 11.9. The number of hydrogen-bond acceptors (Lipinski definition) is 6. The molecule has 3 heterocycles. The highest BCUT2D eigenvalue weighted by molar-refractivity contribution is 5.79. The predicted octanol–water partition coefficient (Wildman–Crippen LogP) is 6.34. The van der Waals surface area contributed by atoms with E-state index >= 15 is 0 Å². The Bertz CT molecular complexity index is 1560. The monoisotopic (exact) mass is 597 g/mol. The number of amides is 1. The molecule has 0 atom stereocenters. The van der Waals surface area contributed by atoms with Crippen molar-refractivity contribution >= 4 is 5.91 Å². The number of rotatable bonds is 4. The van der Waals surface area contributed by atoms with Crippen LogP contribution in [0.15, 0.2) is 71.3 Å². The maximum absolute atomic E-state index is 13.8. The molecular formula is C36H40FN3O4. The minimum atomic E-state index is -0.218. The van der Waals surface area contributed by atoms with Gasteiger partial charge in [-0.2, -0.15) is 0 Å². The highest BCUT2D eigenvalue weighted by atomic mass is 19.1. The zero-order valence-corrected chi connectivity index (χ0v) is 25.6. The average Bonchev–Trinajstić information content (AvgIpc) is 3.37. The number of carbonyl (C=O) groups is 1. The maximum atomic E-state index is 13.8. The van der Waals surface area contributed by atoms with Crippen LogP contribution < -0.4 is 4.74 Å². The molecule has 0 radical (unpaired) electrons. The van der Waals surface area contributed by atoms with E-state index in [9.17, 15) is 9.18 Å². The Kier molecular flexibility index (Phi) is 9.38. The van der Waals surface area contributed by atoms with Crippen molar-refractivity contribution in [3.05, 3.63) is 106 Å².